The molecule has 2 saturated heterocycles. The van der Waals surface area contributed by atoms with Crippen LogP contribution in [0.1, 0.15) is 62.9 Å². The summed E-state index contributed by atoms with van der Waals surface area (Å²) in [5.74, 6) is -3.21. The average Bonchev–Trinajstić information content (AvgIpc) is 3.83. The number of aromatic nitrogens is 2. The summed E-state index contributed by atoms with van der Waals surface area (Å²) in [6.45, 7) is 6.19. The van der Waals surface area contributed by atoms with Crippen molar-refractivity contribution in [2.75, 3.05) is 42.5 Å². The number of halogens is 2. The number of carbonyl (C=O) groups is 2. The predicted molar refractivity (Wildman–Crippen MR) is 171 cm³/mol. The number of anilines is 2. The van der Waals surface area contributed by atoms with Gasteiger partial charge in [-0.3, -0.25) is 4.79 Å². The summed E-state index contributed by atoms with van der Waals surface area (Å²) in [5, 5.41) is 2.71. The Morgan fingerprint density at radius 3 is 2.23 bits per heavy atom. The first-order valence-electron chi connectivity index (χ1n) is 15.7. The van der Waals surface area contributed by atoms with Crippen molar-refractivity contribution >= 4 is 33.7 Å². The van der Waals surface area contributed by atoms with Gasteiger partial charge >= 0.3 is 12.0 Å². The Labute approximate surface area is 273 Å². The van der Waals surface area contributed by atoms with Gasteiger partial charge in [0.2, 0.25) is 21.9 Å². The molecule has 3 fully saturated rings. The zero-order chi connectivity index (χ0) is 33.6. The van der Waals surface area contributed by atoms with Crippen molar-refractivity contribution in [2.45, 2.75) is 68.4 Å². The molecule has 1 atom stereocenters. The second-order valence-corrected chi connectivity index (χ2v) is 15.1. The lowest BCUT2D eigenvalue weighted by Crippen LogP contribution is -2.49. The topological polar surface area (TPSA) is 125 Å². The standard InChI is InChI=1S/C33H38F2N6O5S/c1-32(2,3)46-31(43)36-24-19-29(42)41(21-24)25-11-13-26(14-12-25)47(44,45)40-17-15-39(16-18-40)30-37-27(22-9-10-22)20-28(38-30)33(34,35)23-7-5-4-6-8-23/h4-8,11-14,20,22,24H,9-10,15-19,21H2,1-3H3,(H,36,43). The molecule has 0 bridgehead atoms. The van der Waals surface area contributed by atoms with Crippen LogP contribution in [0.2, 0.25) is 0 Å². The lowest BCUT2D eigenvalue weighted by Gasteiger charge is -2.34. The van der Waals surface area contributed by atoms with Crippen LogP contribution in [-0.2, 0) is 25.5 Å². The second kappa shape index (κ2) is 12.5. The molecular formula is C33H38F2N6O5S. The highest BCUT2D eigenvalue weighted by Crippen LogP contribution is 2.42. The molecule has 11 nitrogen and oxygen atoms in total. The molecule has 47 heavy (non-hydrogen) atoms. The maximum atomic E-state index is 15.5. The summed E-state index contributed by atoms with van der Waals surface area (Å²) in [6.07, 6.45) is 1.26. The average molecular weight is 669 g/mol. The highest BCUT2D eigenvalue weighted by Gasteiger charge is 2.39. The van der Waals surface area contributed by atoms with Gasteiger partial charge in [-0.25, -0.2) is 23.2 Å². The van der Waals surface area contributed by atoms with Crippen LogP contribution in [0.3, 0.4) is 0 Å². The number of amides is 2. The van der Waals surface area contributed by atoms with Crippen LogP contribution in [0.25, 0.3) is 0 Å². The second-order valence-electron chi connectivity index (χ2n) is 13.1. The highest BCUT2D eigenvalue weighted by atomic mass is 32.2. The third kappa shape index (κ3) is 7.23. The van der Waals surface area contributed by atoms with E-state index < -0.39 is 33.7 Å². The number of sulfonamides is 1. The number of nitrogens with one attached hydrogen (secondary N) is 1. The molecule has 1 saturated carbocycles. The Hall–Kier alpha value is -4.17. The summed E-state index contributed by atoms with van der Waals surface area (Å²) in [4.78, 5) is 37.1. The monoisotopic (exact) mass is 668 g/mol. The van der Waals surface area contributed by atoms with Gasteiger partial charge in [0, 0.05) is 62.0 Å². The van der Waals surface area contributed by atoms with Crippen LogP contribution in [0.15, 0.2) is 65.6 Å². The number of benzene rings is 2. The Bertz CT molecular complexity index is 1740. The van der Waals surface area contributed by atoms with E-state index in [4.69, 9.17) is 4.74 Å². The van der Waals surface area contributed by atoms with Gasteiger partial charge in [-0.05, 0) is 63.9 Å². The minimum atomic E-state index is -3.88. The van der Waals surface area contributed by atoms with E-state index in [1.165, 1.54) is 39.5 Å². The van der Waals surface area contributed by atoms with Gasteiger partial charge in [-0.2, -0.15) is 13.1 Å². The van der Waals surface area contributed by atoms with Crippen molar-refractivity contribution in [2.24, 2.45) is 0 Å². The molecule has 0 radical (unpaired) electrons. The largest absolute Gasteiger partial charge is 0.444 e. The van der Waals surface area contributed by atoms with Gasteiger partial charge in [0.1, 0.15) is 11.3 Å². The number of alkyl halides is 2. The van der Waals surface area contributed by atoms with Gasteiger partial charge in [-0.1, -0.05) is 30.3 Å². The van der Waals surface area contributed by atoms with Crippen LogP contribution in [0, 0.1) is 0 Å². The molecule has 1 aliphatic carbocycles. The molecular weight excluding hydrogens is 630 g/mol. The van der Waals surface area contributed by atoms with Crippen LogP contribution >= 0.6 is 0 Å². The van der Waals surface area contributed by atoms with Crippen molar-refractivity contribution in [1.82, 2.24) is 19.6 Å². The zero-order valence-corrected chi connectivity index (χ0v) is 27.3. The molecule has 6 rings (SSSR count). The molecule has 3 aromatic rings. The zero-order valence-electron chi connectivity index (χ0n) is 26.5. The Balaban J connectivity index is 1.11. The van der Waals surface area contributed by atoms with Crippen LogP contribution in [-0.4, -0.2) is 79.1 Å². The maximum Gasteiger partial charge on any atom is 0.407 e. The van der Waals surface area contributed by atoms with Crippen molar-refractivity contribution in [3.8, 4) is 0 Å². The maximum absolute atomic E-state index is 15.5. The molecule has 2 aromatic carbocycles. The number of nitrogens with zero attached hydrogens (tertiary/aromatic N) is 5. The van der Waals surface area contributed by atoms with Gasteiger partial charge < -0.3 is 19.9 Å². The number of piperazine rings is 1. The van der Waals surface area contributed by atoms with Gasteiger partial charge in [0.25, 0.3) is 0 Å². The van der Waals surface area contributed by atoms with Crippen molar-refractivity contribution in [1.29, 1.82) is 0 Å². The highest BCUT2D eigenvalue weighted by molar-refractivity contribution is 7.89. The third-order valence-electron chi connectivity index (χ3n) is 8.34. The number of hydrogen-bond acceptors (Lipinski definition) is 8. The fourth-order valence-electron chi connectivity index (χ4n) is 5.74. The molecule has 0 spiro atoms. The van der Waals surface area contributed by atoms with Gasteiger partial charge in [-0.15, -0.1) is 0 Å². The molecule has 1 unspecified atom stereocenters. The van der Waals surface area contributed by atoms with E-state index in [2.05, 4.69) is 15.3 Å². The first kappa shape index (κ1) is 32.8. The number of hydrogen-bond donors (Lipinski definition) is 1. The van der Waals surface area contributed by atoms with Gasteiger partial charge in [0.15, 0.2) is 0 Å². The van der Waals surface area contributed by atoms with Crippen LogP contribution in [0.5, 0.6) is 0 Å². The Morgan fingerprint density at radius 1 is 0.957 bits per heavy atom. The SMILES string of the molecule is CC(C)(C)OC(=O)NC1CC(=O)N(c2ccc(S(=O)(=O)N3CCN(c4nc(C5CC5)cc(C(F)(F)c5ccccc5)n4)CC3)cc2)C1. The summed E-state index contributed by atoms with van der Waals surface area (Å²) in [5.41, 5.74) is -0.0879. The van der Waals surface area contributed by atoms with E-state index in [1.807, 2.05) is 0 Å². The quantitative estimate of drug-likeness (QED) is 0.369. The smallest absolute Gasteiger partial charge is 0.407 e. The number of ether oxygens (including phenoxy) is 1. The van der Waals surface area contributed by atoms with Crippen molar-refractivity contribution in [3.63, 3.8) is 0 Å². The molecule has 2 amide bonds. The molecule has 2 aliphatic heterocycles. The van der Waals surface area contributed by atoms with E-state index in [1.54, 1.807) is 56.0 Å². The minimum Gasteiger partial charge on any atom is -0.444 e. The fourth-order valence-corrected chi connectivity index (χ4v) is 7.16. The number of rotatable bonds is 8. The Morgan fingerprint density at radius 2 is 1.62 bits per heavy atom. The van der Waals surface area contributed by atoms with Crippen LogP contribution in [0.4, 0.5) is 25.2 Å². The molecule has 1 aromatic heterocycles. The summed E-state index contributed by atoms with van der Waals surface area (Å²) in [6, 6.07) is 14.6. The van der Waals surface area contributed by atoms with Crippen molar-refractivity contribution < 1.29 is 31.5 Å². The van der Waals surface area contributed by atoms with E-state index in [0.717, 1.165) is 12.8 Å². The molecule has 3 aliphatic rings. The van der Waals surface area contributed by atoms with Crippen LogP contribution < -0.4 is 15.1 Å². The van der Waals surface area contributed by atoms with E-state index in [-0.39, 0.29) is 73.1 Å². The summed E-state index contributed by atoms with van der Waals surface area (Å²) < 4.78 is 64.8. The normalized spacial score (nSPS) is 19.6. The van der Waals surface area contributed by atoms with E-state index in [0.29, 0.717) is 11.4 Å². The van der Waals surface area contributed by atoms with Crippen molar-refractivity contribution in [3.05, 3.63) is 77.6 Å². The summed E-state index contributed by atoms with van der Waals surface area (Å²) >= 11 is 0. The minimum absolute atomic E-state index is 0.0709. The first-order chi connectivity index (χ1) is 22.2. The molecule has 250 valence electrons. The first-order valence-corrected chi connectivity index (χ1v) is 17.1. The Kier molecular flexibility index (Phi) is 8.68. The van der Waals surface area contributed by atoms with E-state index >= 15 is 8.78 Å². The third-order valence-corrected chi connectivity index (χ3v) is 10.3. The lowest BCUT2D eigenvalue weighted by molar-refractivity contribution is -0.117. The number of alkyl carbamates (subject to hydrolysis) is 1. The predicted octanol–water partition coefficient (Wildman–Crippen LogP) is 4.64. The van der Waals surface area contributed by atoms with Gasteiger partial charge in [0.05, 0.1) is 10.9 Å². The molecule has 1 N–H and O–H groups in total. The number of carbonyl (C=O) groups excluding carboxylic acids is 2. The molecule has 14 heteroatoms. The fraction of sp³-hybridized carbons (Fsp3) is 0.455. The lowest BCUT2D eigenvalue weighted by atomic mass is 10.0. The summed E-state index contributed by atoms with van der Waals surface area (Å²) in [7, 11) is -3.88. The van der Waals surface area contributed by atoms with E-state index in [9.17, 15) is 18.0 Å². The molecule has 3 heterocycles.